The van der Waals surface area contributed by atoms with E-state index < -0.39 is 10.0 Å². The molecule has 25 heavy (non-hydrogen) atoms. The molecule has 0 amide bonds. The molecule has 2 aromatic carbocycles. The van der Waals surface area contributed by atoms with Gasteiger partial charge < -0.3 is 18.9 Å². The van der Waals surface area contributed by atoms with E-state index in [2.05, 4.69) is 4.72 Å². The number of sulfonamides is 1. The van der Waals surface area contributed by atoms with Crippen LogP contribution in [0, 0.1) is 6.92 Å². The Bertz CT molecular complexity index is 865. The van der Waals surface area contributed by atoms with Crippen molar-refractivity contribution in [3.8, 4) is 23.0 Å². The maximum Gasteiger partial charge on any atom is 0.240 e. The summed E-state index contributed by atoms with van der Waals surface area (Å²) in [6.07, 6.45) is 0. The smallest absolute Gasteiger partial charge is 0.240 e. The van der Waals surface area contributed by atoms with Crippen molar-refractivity contribution in [2.45, 2.75) is 11.8 Å². The molecule has 3 rings (SSSR count). The van der Waals surface area contributed by atoms with E-state index in [1.165, 1.54) is 6.07 Å². The summed E-state index contributed by atoms with van der Waals surface area (Å²) in [5.41, 5.74) is 0.752. The molecule has 0 fully saturated rings. The Balaban J connectivity index is 1.55. The predicted molar refractivity (Wildman–Crippen MR) is 91.0 cm³/mol. The molecule has 134 valence electrons. The Labute approximate surface area is 146 Å². The van der Waals surface area contributed by atoms with E-state index >= 15 is 0 Å². The van der Waals surface area contributed by atoms with E-state index in [-0.39, 0.29) is 24.8 Å². The van der Waals surface area contributed by atoms with E-state index in [1.54, 1.807) is 44.4 Å². The SMILES string of the molecule is COc1ccc(S(=O)(=O)NCCOc2ccc3c(c2)OCO3)cc1C. The molecule has 7 nitrogen and oxygen atoms in total. The van der Waals surface area contributed by atoms with Gasteiger partial charge in [-0.15, -0.1) is 0 Å². The van der Waals surface area contributed by atoms with Crippen molar-refractivity contribution in [3.05, 3.63) is 42.0 Å². The van der Waals surface area contributed by atoms with E-state index in [1.807, 2.05) is 0 Å². The summed E-state index contributed by atoms with van der Waals surface area (Å²) >= 11 is 0. The minimum atomic E-state index is -3.60. The Kier molecular flexibility index (Phi) is 5.00. The lowest BCUT2D eigenvalue weighted by atomic mass is 10.2. The highest BCUT2D eigenvalue weighted by Crippen LogP contribution is 2.35. The fourth-order valence-electron chi connectivity index (χ4n) is 2.41. The van der Waals surface area contributed by atoms with Crippen molar-refractivity contribution in [2.24, 2.45) is 0 Å². The lowest BCUT2D eigenvalue weighted by molar-refractivity contribution is 0.173. The molecule has 8 heteroatoms. The summed E-state index contributed by atoms with van der Waals surface area (Å²) in [5, 5.41) is 0. The summed E-state index contributed by atoms with van der Waals surface area (Å²) in [4.78, 5) is 0.189. The van der Waals surface area contributed by atoms with E-state index in [0.29, 0.717) is 23.0 Å². The summed E-state index contributed by atoms with van der Waals surface area (Å²) < 4.78 is 48.3. The van der Waals surface area contributed by atoms with Gasteiger partial charge in [0, 0.05) is 12.6 Å². The second kappa shape index (κ2) is 7.20. The van der Waals surface area contributed by atoms with Gasteiger partial charge in [-0.1, -0.05) is 0 Å². The summed E-state index contributed by atoms with van der Waals surface area (Å²) in [5.74, 6) is 2.52. The first-order chi connectivity index (χ1) is 12.0. The van der Waals surface area contributed by atoms with E-state index in [0.717, 1.165) is 5.56 Å². The molecule has 0 saturated carbocycles. The molecule has 0 radical (unpaired) electrons. The maximum absolute atomic E-state index is 12.3. The van der Waals surface area contributed by atoms with Crippen molar-refractivity contribution in [1.82, 2.24) is 4.72 Å². The van der Waals surface area contributed by atoms with Crippen molar-refractivity contribution in [1.29, 1.82) is 0 Å². The Hall–Kier alpha value is -2.45. The van der Waals surface area contributed by atoms with Crippen LogP contribution in [-0.4, -0.2) is 35.5 Å². The minimum Gasteiger partial charge on any atom is -0.496 e. The van der Waals surface area contributed by atoms with Crippen LogP contribution in [0.15, 0.2) is 41.3 Å². The molecule has 1 aliphatic heterocycles. The van der Waals surface area contributed by atoms with Gasteiger partial charge in [0.2, 0.25) is 16.8 Å². The monoisotopic (exact) mass is 365 g/mol. The zero-order chi connectivity index (χ0) is 17.9. The number of rotatable bonds is 7. The highest BCUT2D eigenvalue weighted by molar-refractivity contribution is 7.89. The highest BCUT2D eigenvalue weighted by atomic mass is 32.2. The zero-order valence-corrected chi connectivity index (χ0v) is 14.8. The topological polar surface area (TPSA) is 83.1 Å². The first-order valence-electron chi connectivity index (χ1n) is 7.66. The number of hydrogen-bond acceptors (Lipinski definition) is 6. The third-order valence-corrected chi connectivity index (χ3v) is 5.14. The molecule has 1 N–H and O–H groups in total. The second-order valence-electron chi connectivity index (χ2n) is 5.39. The van der Waals surface area contributed by atoms with Crippen molar-refractivity contribution >= 4 is 10.0 Å². The average Bonchev–Trinajstić information content (AvgIpc) is 3.06. The summed E-state index contributed by atoms with van der Waals surface area (Å²) in [6.45, 7) is 2.32. The molecule has 2 aromatic rings. The van der Waals surface area contributed by atoms with Gasteiger partial charge in [-0.25, -0.2) is 13.1 Å². The molecule has 0 saturated heterocycles. The number of benzene rings is 2. The van der Waals surface area contributed by atoms with E-state index in [4.69, 9.17) is 18.9 Å². The van der Waals surface area contributed by atoms with Crippen LogP contribution in [0.1, 0.15) is 5.56 Å². The second-order valence-corrected chi connectivity index (χ2v) is 7.16. The zero-order valence-electron chi connectivity index (χ0n) is 13.9. The Morgan fingerprint density at radius 2 is 1.92 bits per heavy atom. The molecule has 0 unspecified atom stereocenters. The molecule has 1 heterocycles. The van der Waals surface area contributed by atoms with Crippen LogP contribution in [0.4, 0.5) is 0 Å². The number of hydrogen-bond donors (Lipinski definition) is 1. The third-order valence-electron chi connectivity index (χ3n) is 3.68. The van der Waals surface area contributed by atoms with Gasteiger partial charge in [0.05, 0.1) is 12.0 Å². The first kappa shape index (κ1) is 17.4. The van der Waals surface area contributed by atoms with Crippen LogP contribution in [-0.2, 0) is 10.0 Å². The molecular formula is C17H19NO6S. The van der Waals surface area contributed by atoms with Crippen molar-refractivity contribution < 1.29 is 27.4 Å². The van der Waals surface area contributed by atoms with Gasteiger partial charge in [0.1, 0.15) is 18.1 Å². The van der Waals surface area contributed by atoms with Crippen LogP contribution in [0.3, 0.4) is 0 Å². The van der Waals surface area contributed by atoms with Gasteiger partial charge in [-0.05, 0) is 42.8 Å². The van der Waals surface area contributed by atoms with Gasteiger partial charge in [0.15, 0.2) is 11.5 Å². The molecule has 0 bridgehead atoms. The molecular weight excluding hydrogens is 346 g/mol. The molecule has 0 spiro atoms. The number of ether oxygens (including phenoxy) is 4. The van der Waals surface area contributed by atoms with Crippen LogP contribution >= 0.6 is 0 Å². The summed E-state index contributed by atoms with van der Waals surface area (Å²) in [6, 6.07) is 9.92. The number of nitrogens with one attached hydrogen (secondary N) is 1. The van der Waals surface area contributed by atoms with Gasteiger partial charge in [-0.3, -0.25) is 0 Å². The quantitative estimate of drug-likeness (QED) is 0.757. The van der Waals surface area contributed by atoms with Gasteiger partial charge >= 0.3 is 0 Å². The number of methoxy groups -OCH3 is 1. The normalized spacial score (nSPS) is 12.9. The van der Waals surface area contributed by atoms with E-state index in [9.17, 15) is 8.42 Å². The molecule has 1 aliphatic rings. The molecule has 0 aromatic heterocycles. The number of aryl methyl sites for hydroxylation is 1. The largest absolute Gasteiger partial charge is 0.496 e. The molecule has 0 aliphatic carbocycles. The van der Waals surface area contributed by atoms with Crippen LogP contribution in [0.5, 0.6) is 23.0 Å². The average molecular weight is 365 g/mol. The van der Waals surface area contributed by atoms with Crippen LogP contribution < -0.4 is 23.7 Å². The Morgan fingerprint density at radius 1 is 1.12 bits per heavy atom. The van der Waals surface area contributed by atoms with Crippen LogP contribution in [0.25, 0.3) is 0 Å². The standard InChI is InChI=1S/C17H19NO6S/c1-12-9-14(4-6-15(12)21-2)25(19,20)18-7-8-22-13-3-5-16-17(10-13)24-11-23-16/h3-6,9-10,18H,7-8,11H2,1-2H3. The fourth-order valence-corrected chi connectivity index (χ4v) is 3.51. The lowest BCUT2D eigenvalue weighted by Crippen LogP contribution is -2.28. The highest BCUT2D eigenvalue weighted by Gasteiger charge is 2.16. The maximum atomic E-state index is 12.3. The first-order valence-corrected chi connectivity index (χ1v) is 9.15. The van der Waals surface area contributed by atoms with Gasteiger partial charge in [-0.2, -0.15) is 0 Å². The number of fused-ring (bicyclic) bond motifs is 1. The predicted octanol–water partition coefficient (Wildman–Crippen LogP) is 2.09. The lowest BCUT2D eigenvalue weighted by Gasteiger charge is -2.10. The minimum absolute atomic E-state index is 0.141. The Morgan fingerprint density at radius 3 is 2.68 bits per heavy atom. The third kappa shape index (κ3) is 3.97. The van der Waals surface area contributed by atoms with Crippen LogP contribution in [0.2, 0.25) is 0 Å². The van der Waals surface area contributed by atoms with Crippen molar-refractivity contribution in [3.63, 3.8) is 0 Å². The van der Waals surface area contributed by atoms with Crippen molar-refractivity contribution in [2.75, 3.05) is 27.1 Å². The summed E-state index contributed by atoms with van der Waals surface area (Å²) in [7, 11) is -2.06. The molecule has 0 atom stereocenters. The van der Waals surface area contributed by atoms with Gasteiger partial charge in [0.25, 0.3) is 0 Å². The fraction of sp³-hybridized carbons (Fsp3) is 0.294.